The van der Waals surface area contributed by atoms with Gasteiger partial charge in [-0.25, -0.2) is 0 Å². The summed E-state index contributed by atoms with van der Waals surface area (Å²) in [6.45, 7) is 3.41. The van der Waals surface area contributed by atoms with Crippen molar-refractivity contribution in [1.82, 2.24) is 0 Å². The van der Waals surface area contributed by atoms with Crippen LogP contribution in [-0.4, -0.2) is 89.0 Å². The van der Waals surface area contributed by atoms with Crippen molar-refractivity contribution >= 4 is 11.9 Å². The Bertz CT molecular complexity index is 1120. The van der Waals surface area contributed by atoms with E-state index in [2.05, 4.69) is 50.3 Å². The van der Waals surface area contributed by atoms with Gasteiger partial charge in [-0.2, -0.15) is 0 Å². The van der Waals surface area contributed by atoms with Crippen molar-refractivity contribution < 1.29 is 49.0 Å². The lowest BCUT2D eigenvalue weighted by Crippen LogP contribution is -2.59. The number of ether oxygens (including phenoxy) is 4. The number of carbonyl (C=O) groups excluding carboxylic acids is 2. The number of unbranched alkanes of at least 4 members (excludes halogenated alkanes) is 27. The van der Waals surface area contributed by atoms with E-state index in [9.17, 15) is 30.0 Å². The summed E-state index contributed by atoms with van der Waals surface area (Å²) in [4.78, 5) is 25.5. The van der Waals surface area contributed by atoms with Crippen LogP contribution >= 0.6 is 0 Å². The molecule has 4 N–H and O–H groups in total. The lowest BCUT2D eigenvalue weighted by Gasteiger charge is -2.39. The minimum absolute atomic E-state index is 0.220. The third-order valence-electron chi connectivity index (χ3n) is 12.0. The van der Waals surface area contributed by atoms with Crippen LogP contribution in [0.15, 0.2) is 36.5 Å². The van der Waals surface area contributed by atoms with Gasteiger partial charge in [0.25, 0.3) is 0 Å². The molecule has 1 fully saturated rings. The molecule has 63 heavy (non-hydrogen) atoms. The Morgan fingerprint density at radius 1 is 0.492 bits per heavy atom. The Kier molecular flexibility index (Phi) is 41.0. The molecule has 0 aromatic carbocycles. The molecule has 10 heteroatoms. The monoisotopic (exact) mass is 893 g/mol. The van der Waals surface area contributed by atoms with Crippen molar-refractivity contribution in [2.45, 2.75) is 269 Å². The minimum atomic E-state index is -1.60. The van der Waals surface area contributed by atoms with E-state index in [1.807, 2.05) is 0 Å². The highest BCUT2D eigenvalue weighted by Crippen LogP contribution is 2.23. The summed E-state index contributed by atoms with van der Waals surface area (Å²) in [5.41, 5.74) is 0. The molecule has 0 spiro atoms. The van der Waals surface area contributed by atoms with Gasteiger partial charge in [-0.1, -0.05) is 185 Å². The number of aliphatic hydroxyl groups excluding tert-OH is 4. The Balaban J connectivity index is 2.25. The van der Waals surface area contributed by atoms with Crippen LogP contribution in [0.5, 0.6) is 0 Å². The van der Waals surface area contributed by atoms with Gasteiger partial charge in [-0.05, 0) is 70.6 Å². The first-order valence-corrected chi connectivity index (χ1v) is 26.1. The molecule has 6 unspecified atom stereocenters. The van der Waals surface area contributed by atoms with Crippen LogP contribution in [0.1, 0.15) is 232 Å². The van der Waals surface area contributed by atoms with E-state index in [1.165, 1.54) is 141 Å². The van der Waals surface area contributed by atoms with Gasteiger partial charge >= 0.3 is 11.9 Å². The van der Waals surface area contributed by atoms with Crippen LogP contribution in [0.4, 0.5) is 0 Å². The normalized spacial score (nSPS) is 19.7. The average molecular weight is 893 g/mol. The molecular weight excluding hydrogens is 797 g/mol. The van der Waals surface area contributed by atoms with E-state index in [1.54, 1.807) is 0 Å². The van der Waals surface area contributed by atoms with Gasteiger partial charge in [0.1, 0.15) is 31.0 Å². The number of rotatable bonds is 44. The second-order valence-corrected chi connectivity index (χ2v) is 18.0. The fourth-order valence-corrected chi connectivity index (χ4v) is 7.86. The van der Waals surface area contributed by atoms with Crippen molar-refractivity contribution in [3.63, 3.8) is 0 Å². The molecule has 0 bridgehead atoms. The number of allylic oxidation sites excluding steroid dienone is 6. The zero-order valence-corrected chi connectivity index (χ0v) is 40.3. The predicted molar refractivity (Wildman–Crippen MR) is 256 cm³/mol. The number of carbonyl (C=O) groups is 2. The average Bonchev–Trinajstić information content (AvgIpc) is 3.28. The van der Waals surface area contributed by atoms with Crippen molar-refractivity contribution in [2.24, 2.45) is 0 Å². The maximum Gasteiger partial charge on any atom is 0.306 e. The third-order valence-corrected chi connectivity index (χ3v) is 12.0. The van der Waals surface area contributed by atoms with Crippen LogP contribution in [0, 0.1) is 0 Å². The quantitative estimate of drug-likeness (QED) is 0.0264. The molecule has 0 aliphatic carbocycles. The molecule has 1 saturated heterocycles. The van der Waals surface area contributed by atoms with Gasteiger partial charge in [-0.3, -0.25) is 9.59 Å². The van der Waals surface area contributed by atoms with Crippen LogP contribution in [0.3, 0.4) is 0 Å². The Morgan fingerprint density at radius 2 is 0.889 bits per heavy atom. The molecule has 0 amide bonds. The van der Waals surface area contributed by atoms with Gasteiger partial charge in [0.05, 0.1) is 13.2 Å². The van der Waals surface area contributed by atoms with Crippen molar-refractivity contribution in [3.8, 4) is 0 Å². The van der Waals surface area contributed by atoms with Crippen molar-refractivity contribution in [3.05, 3.63) is 36.5 Å². The molecule has 0 saturated carbocycles. The SMILES string of the molecule is CCCCC/C=C\C/C=C\CCCCCCCCCC(=O)OC(COC(=O)CCCCCCCCCCC/C=C\CCCCCCCCCC)COC1OC(CO)C(O)C(O)C1O. The molecule has 1 aliphatic rings. The summed E-state index contributed by atoms with van der Waals surface area (Å²) in [7, 11) is 0. The van der Waals surface area contributed by atoms with Crippen LogP contribution in [0.25, 0.3) is 0 Å². The zero-order chi connectivity index (χ0) is 45.9. The molecule has 10 nitrogen and oxygen atoms in total. The van der Waals surface area contributed by atoms with E-state index >= 15 is 0 Å². The van der Waals surface area contributed by atoms with E-state index in [4.69, 9.17) is 18.9 Å². The largest absolute Gasteiger partial charge is 0.462 e. The number of hydrogen-bond donors (Lipinski definition) is 4. The summed E-state index contributed by atoms with van der Waals surface area (Å²) in [5, 5.41) is 40.2. The van der Waals surface area contributed by atoms with Crippen molar-refractivity contribution in [2.75, 3.05) is 19.8 Å². The van der Waals surface area contributed by atoms with Gasteiger partial charge in [0.15, 0.2) is 12.4 Å². The van der Waals surface area contributed by atoms with Crippen LogP contribution in [-0.2, 0) is 28.5 Å². The lowest BCUT2D eigenvalue weighted by molar-refractivity contribution is -0.305. The Morgan fingerprint density at radius 3 is 1.37 bits per heavy atom. The Labute approximate surface area is 385 Å². The molecule has 0 aromatic rings. The van der Waals surface area contributed by atoms with E-state index in [0.29, 0.717) is 6.42 Å². The van der Waals surface area contributed by atoms with E-state index in [-0.39, 0.29) is 32.0 Å². The topological polar surface area (TPSA) is 152 Å². The molecule has 1 aliphatic heterocycles. The second kappa shape index (κ2) is 43.8. The zero-order valence-electron chi connectivity index (χ0n) is 40.3. The number of esters is 2. The standard InChI is InChI=1S/C53H96O10/c1-3-5-7-9-11-13-15-17-19-21-22-23-24-26-27-29-31-33-35-37-39-41-48(55)60-44-46(45-61-53-52(59)51(58)50(57)47(43-54)63-53)62-49(56)42-40-38-36-34-32-30-28-25-20-18-16-14-12-10-8-6-4-2/h12,14,18,20-22,46-47,50-54,57-59H,3-11,13,15-17,19,23-45H2,1-2H3/b14-12-,20-18-,22-21-. The smallest absolute Gasteiger partial charge is 0.306 e. The van der Waals surface area contributed by atoms with Crippen LogP contribution in [0.2, 0.25) is 0 Å². The predicted octanol–water partition coefficient (Wildman–Crippen LogP) is 12.2. The second-order valence-electron chi connectivity index (χ2n) is 18.0. The highest BCUT2D eigenvalue weighted by molar-refractivity contribution is 5.70. The first-order chi connectivity index (χ1) is 30.8. The third kappa shape index (κ3) is 34.9. The maximum atomic E-state index is 12.8. The van der Waals surface area contributed by atoms with Gasteiger partial charge in [0, 0.05) is 12.8 Å². The summed E-state index contributed by atoms with van der Waals surface area (Å²) in [6, 6.07) is 0. The summed E-state index contributed by atoms with van der Waals surface area (Å²) >= 11 is 0. The highest BCUT2D eigenvalue weighted by Gasteiger charge is 2.44. The lowest BCUT2D eigenvalue weighted by atomic mass is 9.99. The summed E-state index contributed by atoms with van der Waals surface area (Å²) in [6.07, 6.45) is 44.3. The number of aliphatic hydroxyl groups is 4. The summed E-state index contributed by atoms with van der Waals surface area (Å²) in [5.74, 6) is -0.811. The van der Waals surface area contributed by atoms with E-state index < -0.39 is 49.4 Å². The fraction of sp³-hybridized carbons (Fsp3) is 0.849. The molecule has 6 atom stereocenters. The molecule has 1 rings (SSSR count). The molecule has 0 aromatic heterocycles. The van der Waals surface area contributed by atoms with Crippen LogP contribution < -0.4 is 0 Å². The van der Waals surface area contributed by atoms with Gasteiger partial charge < -0.3 is 39.4 Å². The molecular formula is C53H96O10. The first-order valence-electron chi connectivity index (χ1n) is 26.1. The van der Waals surface area contributed by atoms with E-state index in [0.717, 1.165) is 57.8 Å². The van der Waals surface area contributed by atoms with Crippen molar-refractivity contribution in [1.29, 1.82) is 0 Å². The summed E-state index contributed by atoms with van der Waals surface area (Å²) < 4.78 is 22.2. The molecule has 1 heterocycles. The maximum absolute atomic E-state index is 12.8. The molecule has 0 radical (unpaired) electrons. The molecule has 368 valence electrons. The first kappa shape index (κ1) is 58.9. The van der Waals surface area contributed by atoms with Gasteiger partial charge in [0.2, 0.25) is 0 Å². The Hall–Kier alpha value is -2.08. The van der Waals surface area contributed by atoms with Gasteiger partial charge in [-0.15, -0.1) is 0 Å². The minimum Gasteiger partial charge on any atom is -0.462 e. The number of hydrogen-bond acceptors (Lipinski definition) is 10. The highest BCUT2D eigenvalue weighted by atomic mass is 16.7. The fourth-order valence-electron chi connectivity index (χ4n) is 7.86.